The molecule has 0 fully saturated rings. The Balaban J connectivity index is 1.47. The number of aromatic nitrogens is 4. The summed E-state index contributed by atoms with van der Waals surface area (Å²) < 4.78 is 6.05. The van der Waals surface area contributed by atoms with Crippen LogP contribution in [0.4, 0.5) is 0 Å². The van der Waals surface area contributed by atoms with Gasteiger partial charge in [-0.2, -0.15) is 0 Å². The van der Waals surface area contributed by atoms with Crippen LogP contribution < -0.4 is 11.4 Å². The SMILES string of the molecule is O=c1n(-c2ccc(Cl)cc2)cc(SSc2cn(-c3ccc(Cl)cc3)c(=O)n2-c2ccc(Cl)c(Cl)c2)n1-c1ccc(Cl)c(Cl)c1. The Hall–Kier alpha value is -2.66. The molecule has 6 aromatic rings. The van der Waals surface area contributed by atoms with Gasteiger partial charge in [-0.1, -0.05) is 69.6 Å². The highest BCUT2D eigenvalue weighted by Crippen LogP contribution is 2.40. The molecule has 222 valence electrons. The number of hydrogen-bond donors (Lipinski definition) is 0. The molecule has 0 spiro atoms. The molecular weight excluding hydrogens is 725 g/mol. The maximum absolute atomic E-state index is 13.8. The molecular formula is C30H16Cl6N4O2S2. The van der Waals surface area contributed by atoms with Crippen LogP contribution in [0, 0.1) is 0 Å². The molecule has 0 amide bonds. The summed E-state index contributed by atoms with van der Waals surface area (Å²) in [5.74, 6) is 0. The second-order valence-corrected chi connectivity index (χ2v) is 13.9. The van der Waals surface area contributed by atoms with Crippen molar-refractivity contribution < 1.29 is 0 Å². The molecule has 2 heterocycles. The number of rotatable bonds is 7. The molecule has 0 aliphatic rings. The van der Waals surface area contributed by atoms with Gasteiger partial charge in [-0.05, 0) is 107 Å². The first-order chi connectivity index (χ1) is 21.1. The Morgan fingerprint density at radius 3 is 1.11 bits per heavy atom. The van der Waals surface area contributed by atoms with Crippen LogP contribution in [0.1, 0.15) is 0 Å². The highest BCUT2D eigenvalue weighted by Gasteiger charge is 2.20. The average Bonchev–Trinajstić information content (AvgIpc) is 3.51. The minimum Gasteiger partial charge on any atom is -0.266 e. The van der Waals surface area contributed by atoms with Crippen LogP contribution in [0.5, 0.6) is 0 Å². The van der Waals surface area contributed by atoms with E-state index in [4.69, 9.17) is 69.6 Å². The standard InChI is InChI=1S/C30H16Cl6N4O2S2/c31-17-1-5-19(6-2-17)37-15-27(39(29(37)41)21-9-11-23(33)25(35)13-21)43-44-28-16-38(20-7-3-18(32)4-8-20)30(42)40(28)22-10-12-24(34)26(36)14-22/h1-16H. The predicted octanol–water partition coefficient (Wildman–Crippen LogP) is 10.3. The molecule has 0 aliphatic carbocycles. The maximum atomic E-state index is 13.8. The molecule has 0 bridgehead atoms. The molecule has 14 heteroatoms. The highest BCUT2D eigenvalue weighted by atomic mass is 35.5. The van der Waals surface area contributed by atoms with E-state index in [0.717, 1.165) is 0 Å². The van der Waals surface area contributed by atoms with Crippen molar-refractivity contribution in [1.29, 1.82) is 0 Å². The Kier molecular flexibility index (Phi) is 9.25. The van der Waals surface area contributed by atoms with Gasteiger partial charge in [0.05, 0.1) is 42.8 Å². The van der Waals surface area contributed by atoms with Crippen molar-refractivity contribution in [2.45, 2.75) is 10.1 Å². The largest absolute Gasteiger partial charge is 0.338 e. The monoisotopic (exact) mass is 738 g/mol. The van der Waals surface area contributed by atoms with Gasteiger partial charge in [-0.15, -0.1) is 0 Å². The topological polar surface area (TPSA) is 53.9 Å². The van der Waals surface area contributed by atoms with Crippen LogP contribution >= 0.6 is 91.2 Å². The fourth-order valence-corrected chi connectivity index (χ4v) is 7.39. The van der Waals surface area contributed by atoms with Gasteiger partial charge >= 0.3 is 11.4 Å². The average molecular weight is 741 g/mol. The van der Waals surface area contributed by atoms with Gasteiger partial charge in [0.1, 0.15) is 10.1 Å². The minimum absolute atomic E-state index is 0.299. The molecule has 0 aliphatic heterocycles. The third-order valence-corrected chi connectivity index (χ3v) is 10.7. The zero-order valence-electron chi connectivity index (χ0n) is 21.9. The van der Waals surface area contributed by atoms with Crippen molar-refractivity contribution >= 4 is 91.2 Å². The van der Waals surface area contributed by atoms with E-state index in [1.165, 1.54) is 39.9 Å². The van der Waals surface area contributed by atoms with E-state index in [1.807, 2.05) is 0 Å². The van der Waals surface area contributed by atoms with Gasteiger partial charge in [0.15, 0.2) is 0 Å². The third-order valence-electron chi connectivity index (χ3n) is 6.46. The molecule has 0 atom stereocenters. The molecule has 6 nitrogen and oxygen atoms in total. The first kappa shape index (κ1) is 31.3. The second kappa shape index (κ2) is 13.0. The van der Waals surface area contributed by atoms with Crippen molar-refractivity contribution in [3.8, 4) is 22.7 Å². The molecule has 0 N–H and O–H groups in total. The highest BCUT2D eigenvalue weighted by molar-refractivity contribution is 8.76. The zero-order chi connectivity index (χ0) is 31.1. The summed E-state index contributed by atoms with van der Waals surface area (Å²) in [6.45, 7) is 0. The van der Waals surface area contributed by atoms with Gasteiger partial charge in [0, 0.05) is 22.4 Å². The van der Waals surface area contributed by atoms with Gasteiger partial charge < -0.3 is 0 Å². The van der Waals surface area contributed by atoms with Gasteiger partial charge in [0.25, 0.3) is 0 Å². The quantitative estimate of drug-likeness (QED) is 0.153. The minimum atomic E-state index is -0.339. The lowest BCUT2D eigenvalue weighted by Gasteiger charge is -2.09. The fraction of sp³-hybridized carbons (Fsp3) is 0. The van der Waals surface area contributed by atoms with E-state index in [-0.39, 0.29) is 11.4 Å². The summed E-state index contributed by atoms with van der Waals surface area (Å²) in [5, 5.41) is 3.51. The molecule has 44 heavy (non-hydrogen) atoms. The second-order valence-electron chi connectivity index (χ2n) is 9.23. The Morgan fingerprint density at radius 1 is 0.432 bits per heavy atom. The first-order valence-corrected chi connectivity index (χ1v) is 17.0. The lowest BCUT2D eigenvalue weighted by molar-refractivity contribution is 0.871. The summed E-state index contributed by atoms with van der Waals surface area (Å²) >= 11 is 37.2. The number of benzene rings is 4. The Labute approximate surface area is 288 Å². The van der Waals surface area contributed by atoms with Crippen molar-refractivity contribution in [2.24, 2.45) is 0 Å². The number of nitrogens with zero attached hydrogens (tertiary/aromatic N) is 4. The normalized spacial score (nSPS) is 11.3. The van der Waals surface area contributed by atoms with E-state index in [0.29, 0.717) is 62.9 Å². The first-order valence-electron chi connectivity index (χ1n) is 12.6. The van der Waals surface area contributed by atoms with Crippen molar-refractivity contribution in [3.63, 3.8) is 0 Å². The van der Waals surface area contributed by atoms with E-state index in [9.17, 15) is 9.59 Å². The number of imidazole rings is 2. The number of halogens is 6. The molecule has 0 unspecified atom stereocenters. The zero-order valence-corrected chi connectivity index (χ0v) is 28.1. The fourth-order valence-electron chi connectivity index (χ4n) is 4.35. The van der Waals surface area contributed by atoms with Crippen LogP contribution in [-0.4, -0.2) is 18.3 Å². The van der Waals surface area contributed by atoms with E-state index in [1.54, 1.807) is 97.3 Å². The molecule has 4 aromatic carbocycles. The molecule has 0 radical (unpaired) electrons. The Morgan fingerprint density at radius 2 is 0.773 bits per heavy atom. The van der Waals surface area contributed by atoms with Crippen LogP contribution in [0.3, 0.4) is 0 Å². The molecule has 0 saturated carbocycles. The van der Waals surface area contributed by atoms with Crippen molar-refractivity contribution in [3.05, 3.63) is 148 Å². The number of hydrogen-bond acceptors (Lipinski definition) is 4. The van der Waals surface area contributed by atoms with E-state index >= 15 is 0 Å². The lowest BCUT2D eigenvalue weighted by Crippen LogP contribution is -2.22. The smallest absolute Gasteiger partial charge is 0.266 e. The van der Waals surface area contributed by atoms with Crippen LogP contribution in [0.25, 0.3) is 22.7 Å². The predicted molar refractivity (Wildman–Crippen MR) is 185 cm³/mol. The van der Waals surface area contributed by atoms with E-state index < -0.39 is 0 Å². The van der Waals surface area contributed by atoms with Crippen LogP contribution in [0.15, 0.2) is 117 Å². The molecule has 0 saturated heterocycles. The molecule has 2 aromatic heterocycles. The summed E-state index contributed by atoms with van der Waals surface area (Å²) in [5.41, 5.74) is 1.59. The van der Waals surface area contributed by atoms with E-state index in [2.05, 4.69) is 0 Å². The third kappa shape index (κ3) is 6.23. The van der Waals surface area contributed by atoms with Gasteiger partial charge in [-0.3, -0.25) is 18.3 Å². The van der Waals surface area contributed by atoms with Crippen LogP contribution in [0.2, 0.25) is 30.1 Å². The van der Waals surface area contributed by atoms with Gasteiger partial charge in [-0.25, -0.2) is 9.59 Å². The van der Waals surface area contributed by atoms with Crippen molar-refractivity contribution in [1.82, 2.24) is 18.3 Å². The van der Waals surface area contributed by atoms with Gasteiger partial charge in [0.2, 0.25) is 0 Å². The molecule has 6 rings (SSSR count). The summed E-state index contributed by atoms with van der Waals surface area (Å²) in [6, 6.07) is 23.7. The Bertz CT molecular complexity index is 1980. The lowest BCUT2D eigenvalue weighted by atomic mass is 10.3. The van der Waals surface area contributed by atoms with Crippen LogP contribution in [-0.2, 0) is 0 Å². The summed E-state index contributed by atoms with van der Waals surface area (Å²) in [4.78, 5) is 27.6. The summed E-state index contributed by atoms with van der Waals surface area (Å²) in [7, 11) is 2.55. The van der Waals surface area contributed by atoms with Crippen molar-refractivity contribution in [2.75, 3.05) is 0 Å². The summed E-state index contributed by atoms with van der Waals surface area (Å²) in [6.07, 6.45) is 3.42. The maximum Gasteiger partial charge on any atom is 0.338 e.